The number of rotatable bonds is 3. The maximum absolute atomic E-state index is 12.8. The number of aliphatic hydroxyl groups excluding tert-OH is 1. The van der Waals surface area contributed by atoms with E-state index in [0.717, 1.165) is 0 Å². The monoisotopic (exact) mass is 291 g/mol. The number of aliphatic hydroxyl groups is 1. The minimum atomic E-state index is -0.592. The van der Waals surface area contributed by atoms with Gasteiger partial charge in [0.15, 0.2) is 11.6 Å². The molecule has 1 heterocycles. The quantitative estimate of drug-likeness (QED) is 0.525. The molecule has 1 N–H and O–H groups in total. The summed E-state index contributed by atoms with van der Waals surface area (Å²) in [5.74, 6) is -0.895. The lowest BCUT2D eigenvalue weighted by Gasteiger charge is -2.36. The van der Waals surface area contributed by atoms with Gasteiger partial charge in [-0.15, -0.1) is 0 Å². The minimum absolute atomic E-state index is 0.0600. The molecule has 1 aromatic rings. The van der Waals surface area contributed by atoms with Crippen molar-refractivity contribution in [2.24, 2.45) is 5.41 Å². The number of ketones is 2. The molecule has 1 aromatic heterocycles. The summed E-state index contributed by atoms with van der Waals surface area (Å²) in [5.41, 5.74) is 0.0693. The Bertz CT molecular complexity index is 610. The number of hydrogen-bond acceptors (Lipinski definition) is 5. The average molecular weight is 291 g/mol. The summed E-state index contributed by atoms with van der Waals surface area (Å²) < 4.78 is 5.25. The molecule has 114 valence electrons. The van der Waals surface area contributed by atoms with Crippen LogP contribution in [0, 0.1) is 12.3 Å². The molecule has 1 fully saturated rings. The van der Waals surface area contributed by atoms with Gasteiger partial charge in [0, 0.05) is 18.9 Å². The molecule has 0 aliphatic heterocycles. The topological polar surface area (TPSA) is 80.4 Å². The maximum atomic E-state index is 12.8. The third-order valence-electron chi connectivity index (χ3n) is 3.89. The summed E-state index contributed by atoms with van der Waals surface area (Å²) in [5, 5.41) is 13.9. The number of aromatic nitrogens is 1. The average Bonchev–Trinajstić information content (AvgIpc) is 2.73. The SMILES string of the molecule is CCC/C(O)=C1\C(=O)CC(C)(C)[C@H](c2cc(C)no2)C1=O. The van der Waals surface area contributed by atoms with Gasteiger partial charge in [-0.25, -0.2) is 0 Å². The van der Waals surface area contributed by atoms with Gasteiger partial charge in [-0.3, -0.25) is 9.59 Å². The van der Waals surface area contributed by atoms with Gasteiger partial charge < -0.3 is 9.63 Å². The molecule has 0 saturated heterocycles. The lowest BCUT2D eigenvalue weighted by atomic mass is 9.64. The second-order valence-electron chi connectivity index (χ2n) is 6.33. The van der Waals surface area contributed by atoms with E-state index in [9.17, 15) is 14.7 Å². The third-order valence-corrected chi connectivity index (χ3v) is 3.89. The fraction of sp³-hybridized carbons (Fsp3) is 0.562. The molecule has 0 aromatic carbocycles. The van der Waals surface area contributed by atoms with Crippen LogP contribution < -0.4 is 0 Å². The van der Waals surface area contributed by atoms with Crippen LogP contribution >= 0.6 is 0 Å². The van der Waals surface area contributed by atoms with E-state index in [0.29, 0.717) is 24.3 Å². The molecule has 1 aliphatic rings. The smallest absolute Gasteiger partial charge is 0.181 e. The van der Waals surface area contributed by atoms with Crippen molar-refractivity contribution < 1.29 is 19.2 Å². The fourth-order valence-electron chi connectivity index (χ4n) is 2.94. The number of nitrogens with zero attached hydrogens (tertiary/aromatic N) is 1. The molecule has 0 amide bonds. The first-order valence-corrected chi connectivity index (χ1v) is 7.20. The normalized spacial score (nSPS) is 24.3. The predicted octanol–water partition coefficient (Wildman–Crippen LogP) is 3.25. The van der Waals surface area contributed by atoms with Crippen LogP contribution in [0.1, 0.15) is 57.4 Å². The van der Waals surface area contributed by atoms with Gasteiger partial charge in [0.25, 0.3) is 0 Å². The molecule has 21 heavy (non-hydrogen) atoms. The Morgan fingerprint density at radius 1 is 1.48 bits per heavy atom. The van der Waals surface area contributed by atoms with Crippen molar-refractivity contribution in [2.45, 2.75) is 52.9 Å². The van der Waals surface area contributed by atoms with Crippen LogP contribution in [-0.4, -0.2) is 21.8 Å². The van der Waals surface area contributed by atoms with Crippen molar-refractivity contribution >= 4 is 11.6 Å². The molecule has 1 aliphatic carbocycles. The van der Waals surface area contributed by atoms with Crippen molar-refractivity contribution in [3.05, 3.63) is 28.9 Å². The van der Waals surface area contributed by atoms with Crippen LogP contribution in [-0.2, 0) is 9.59 Å². The predicted molar refractivity (Wildman–Crippen MR) is 77.0 cm³/mol. The molecule has 2 rings (SSSR count). The summed E-state index contributed by atoms with van der Waals surface area (Å²) in [7, 11) is 0. The number of carbonyl (C=O) groups is 2. The number of Topliss-reactive ketones (excluding diaryl/α,β-unsaturated/α-hetero) is 2. The van der Waals surface area contributed by atoms with Gasteiger partial charge in [-0.05, 0) is 18.8 Å². The molecule has 0 bridgehead atoms. The Balaban J connectivity index is 2.50. The Kier molecular flexibility index (Phi) is 4.03. The summed E-state index contributed by atoms with van der Waals surface area (Å²) >= 11 is 0. The summed E-state index contributed by atoms with van der Waals surface area (Å²) in [6.45, 7) is 7.39. The van der Waals surface area contributed by atoms with Crippen LogP contribution in [0.15, 0.2) is 21.9 Å². The molecule has 1 saturated carbocycles. The highest BCUT2D eigenvalue weighted by molar-refractivity contribution is 6.24. The van der Waals surface area contributed by atoms with Gasteiger partial charge in [0.1, 0.15) is 11.5 Å². The molecule has 1 atom stereocenters. The zero-order valence-electron chi connectivity index (χ0n) is 12.9. The van der Waals surface area contributed by atoms with Crippen LogP contribution in [0.2, 0.25) is 0 Å². The highest BCUT2D eigenvalue weighted by atomic mass is 16.5. The number of allylic oxidation sites excluding steroid dienone is 2. The van der Waals surface area contributed by atoms with Gasteiger partial charge in [0.2, 0.25) is 0 Å². The molecule has 0 unspecified atom stereocenters. The van der Waals surface area contributed by atoms with Crippen molar-refractivity contribution in [2.75, 3.05) is 0 Å². The minimum Gasteiger partial charge on any atom is -0.511 e. The first kappa shape index (κ1) is 15.5. The zero-order chi connectivity index (χ0) is 15.8. The summed E-state index contributed by atoms with van der Waals surface area (Å²) in [6.07, 6.45) is 1.20. The second-order valence-corrected chi connectivity index (χ2v) is 6.33. The number of carbonyl (C=O) groups excluding carboxylic acids is 2. The van der Waals surface area contributed by atoms with E-state index in [1.165, 1.54) is 0 Å². The van der Waals surface area contributed by atoms with E-state index >= 15 is 0 Å². The van der Waals surface area contributed by atoms with Crippen molar-refractivity contribution in [1.29, 1.82) is 0 Å². The third kappa shape index (κ3) is 2.77. The lowest BCUT2D eigenvalue weighted by molar-refractivity contribution is -0.130. The van der Waals surface area contributed by atoms with E-state index in [-0.39, 0.29) is 29.3 Å². The van der Waals surface area contributed by atoms with Crippen LogP contribution in [0.25, 0.3) is 0 Å². The second kappa shape index (κ2) is 5.47. The molecule has 0 radical (unpaired) electrons. The Morgan fingerprint density at radius 3 is 2.67 bits per heavy atom. The maximum Gasteiger partial charge on any atom is 0.181 e. The van der Waals surface area contributed by atoms with Gasteiger partial charge in [0.05, 0.1) is 17.2 Å². The molecule has 0 spiro atoms. The Morgan fingerprint density at radius 2 is 2.14 bits per heavy atom. The first-order valence-electron chi connectivity index (χ1n) is 7.20. The number of aryl methyl sites for hydroxylation is 1. The highest BCUT2D eigenvalue weighted by Crippen LogP contribution is 2.46. The van der Waals surface area contributed by atoms with Crippen LogP contribution in [0.5, 0.6) is 0 Å². The molecular formula is C16H21NO4. The number of hydrogen-bond donors (Lipinski definition) is 1. The fourth-order valence-corrected chi connectivity index (χ4v) is 2.94. The Labute approximate surface area is 124 Å². The van der Waals surface area contributed by atoms with Gasteiger partial charge in [-0.2, -0.15) is 0 Å². The van der Waals surface area contributed by atoms with E-state index in [1.54, 1.807) is 13.0 Å². The van der Waals surface area contributed by atoms with E-state index < -0.39 is 11.3 Å². The van der Waals surface area contributed by atoms with Crippen molar-refractivity contribution in [1.82, 2.24) is 5.16 Å². The van der Waals surface area contributed by atoms with Gasteiger partial charge >= 0.3 is 0 Å². The zero-order valence-corrected chi connectivity index (χ0v) is 12.9. The standard InChI is InChI=1S/C16H21NO4/c1-5-6-10(18)13-11(19)8-16(3,4)14(15(13)20)12-7-9(2)17-21-12/h7,14,18H,5-6,8H2,1-4H3/b13-10-/t14-/m1/s1. The lowest BCUT2D eigenvalue weighted by Crippen LogP contribution is -2.40. The first-order chi connectivity index (χ1) is 9.77. The summed E-state index contributed by atoms with van der Waals surface area (Å²) in [6, 6.07) is 1.72. The van der Waals surface area contributed by atoms with E-state index in [1.807, 2.05) is 20.8 Å². The van der Waals surface area contributed by atoms with Crippen LogP contribution in [0.4, 0.5) is 0 Å². The van der Waals surface area contributed by atoms with E-state index in [4.69, 9.17) is 4.52 Å². The van der Waals surface area contributed by atoms with Crippen molar-refractivity contribution in [3.8, 4) is 0 Å². The highest BCUT2D eigenvalue weighted by Gasteiger charge is 2.48. The largest absolute Gasteiger partial charge is 0.511 e. The molecule has 5 nitrogen and oxygen atoms in total. The summed E-state index contributed by atoms with van der Waals surface area (Å²) in [4.78, 5) is 25.0. The molecule has 5 heteroatoms. The van der Waals surface area contributed by atoms with Gasteiger partial charge in [-0.1, -0.05) is 25.9 Å². The molecular weight excluding hydrogens is 270 g/mol. The Hall–Kier alpha value is -1.91. The van der Waals surface area contributed by atoms with Crippen molar-refractivity contribution in [3.63, 3.8) is 0 Å². The van der Waals surface area contributed by atoms with Crippen LogP contribution in [0.3, 0.4) is 0 Å². The van der Waals surface area contributed by atoms with E-state index in [2.05, 4.69) is 5.16 Å².